The molecule has 3 fully saturated rings. The highest BCUT2D eigenvalue weighted by molar-refractivity contribution is 7.91. The topological polar surface area (TPSA) is 174 Å². The summed E-state index contributed by atoms with van der Waals surface area (Å²) in [6.45, 7) is 12.8. The number of para-hydroxylation sites is 2. The average Bonchev–Trinajstić information content (AvgIpc) is 4.02. The number of benzene rings is 1. The molecular weight excluding hydrogens is 755 g/mol. The summed E-state index contributed by atoms with van der Waals surface area (Å²) in [6, 6.07) is 10.1. The number of sulfonamides is 1. The van der Waals surface area contributed by atoms with E-state index in [2.05, 4.69) is 23.2 Å². The van der Waals surface area contributed by atoms with E-state index in [0.29, 0.717) is 42.4 Å². The number of nitrogens with zero attached hydrogens (tertiary/aromatic N) is 3. The Bertz CT molecular complexity index is 2080. The van der Waals surface area contributed by atoms with E-state index in [9.17, 15) is 27.6 Å². The van der Waals surface area contributed by atoms with Gasteiger partial charge in [-0.15, -0.1) is 24.5 Å². The van der Waals surface area contributed by atoms with E-state index in [0.717, 1.165) is 24.1 Å². The van der Waals surface area contributed by atoms with E-state index in [1.54, 1.807) is 20.8 Å². The molecule has 3 amide bonds. The van der Waals surface area contributed by atoms with Gasteiger partial charge in [0, 0.05) is 18.3 Å². The predicted octanol–water partition coefficient (Wildman–Crippen LogP) is 5.86. The molecule has 1 saturated heterocycles. The van der Waals surface area contributed by atoms with E-state index in [-0.39, 0.29) is 31.7 Å². The van der Waals surface area contributed by atoms with E-state index in [1.807, 2.05) is 47.9 Å². The summed E-state index contributed by atoms with van der Waals surface area (Å²) in [7, 11) is -3.90. The molecule has 5 atom stereocenters. The maximum atomic E-state index is 14.7. The van der Waals surface area contributed by atoms with E-state index in [4.69, 9.17) is 19.4 Å². The van der Waals surface area contributed by atoms with Gasteiger partial charge in [-0.1, -0.05) is 43.2 Å². The number of carbonyl (C=O) groups excluding carboxylic acids is 4. The molecule has 2 saturated carbocycles. The van der Waals surface area contributed by atoms with E-state index in [1.165, 1.54) is 22.3 Å². The normalized spacial score (nSPS) is 22.6. The van der Waals surface area contributed by atoms with Crippen molar-refractivity contribution in [2.45, 2.75) is 114 Å². The number of nitrogens with one attached hydrogen (secondary N) is 2. The Balaban J connectivity index is 1.30. The minimum absolute atomic E-state index is 0.0171. The highest BCUT2D eigenvalue weighted by Crippen LogP contribution is 2.46. The van der Waals surface area contributed by atoms with Crippen molar-refractivity contribution < 1.29 is 37.1 Å². The number of thiophene rings is 1. The molecule has 6 rings (SSSR count). The summed E-state index contributed by atoms with van der Waals surface area (Å²) in [5, 5.41) is 4.11. The van der Waals surface area contributed by atoms with Crippen molar-refractivity contribution >= 4 is 56.1 Å². The van der Waals surface area contributed by atoms with E-state index < -0.39 is 74.1 Å². The minimum Gasteiger partial charge on any atom is -0.471 e. The first-order chi connectivity index (χ1) is 26.6. The smallest absolute Gasteiger partial charge is 0.307 e. The highest BCUT2D eigenvalue weighted by Gasteiger charge is 2.62. The molecule has 0 radical (unpaired) electrons. The third-order valence-electron chi connectivity index (χ3n) is 10.3. The number of amides is 3. The van der Waals surface area contributed by atoms with Gasteiger partial charge in [0.25, 0.3) is 5.91 Å². The fraction of sp³-hybridized carbons (Fsp3) is 0.512. The summed E-state index contributed by atoms with van der Waals surface area (Å²) >= 11 is 1.47. The number of ether oxygens (including phenoxy) is 2. The number of allylic oxidation sites excluding steroid dienone is 1. The number of unbranched alkanes of at least 4 members (excludes halogenated alkanes) is 3. The molecule has 56 heavy (non-hydrogen) atoms. The Hall–Kier alpha value is -4.63. The molecule has 300 valence electrons. The first-order valence-electron chi connectivity index (χ1n) is 19.2. The molecule has 2 aliphatic carbocycles. The third-order valence-corrected chi connectivity index (χ3v) is 13.0. The van der Waals surface area contributed by atoms with Gasteiger partial charge < -0.3 is 19.7 Å². The average molecular weight is 806 g/mol. The van der Waals surface area contributed by atoms with Crippen molar-refractivity contribution in [1.82, 2.24) is 24.9 Å². The van der Waals surface area contributed by atoms with Crippen molar-refractivity contribution in [3.8, 4) is 16.5 Å². The zero-order valence-electron chi connectivity index (χ0n) is 32.2. The number of hydrogen-bond acceptors (Lipinski definition) is 11. The van der Waals surface area contributed by atoms with Crippen molar-refractivity contribution in [1.29, 1.82) is 0 Å². The first-order valence-corrected chi connectivity index (χ1v) is 21.7. The second-order valence-corrected chi connectivity index (χ2v) is 18.8. The van der Waals surface area contributed by atoms with Gasteiger partial charge in [-0.25, -0.2) is 18.4 Å². The number of carbonyl (C=O) groups is 4. The van der Waals surface area contributed by atoms with Crippen LogP contribution in [0, 0.1) is 11.8 Å². The maximum Gasteiger partial charge on any atom is 0.307 e. The van der Waals surface area contributed by atoms with Crippen molar-refractivity contribution in [3.05, 3.63) is 67.1 Å². The van der Waals surface area contributed by atoms with Gasteiger partial charge >= 0.3 is 5.97 Å². The largest absolute Gasteiger partial charge is 0.471 e. The van der Waals surface area contributed by atoms with Gasteiger partial charge in [-0.2, -0.15) is 0 Å². The van der Waals surface area contributed by atoms with Gasteiger partial charge in [-0.05, 0) is 82.9 Å². The molecule has 1 aromatic carbocycles. The lowest BCUT2D eigenvalue weighted by Crippen LogP contribution is -2.57. The summed E-state index contributed by atoms with van der Waals surface area (Å²) in [4.78, 5) is 67.8. The van der Waals surface area contributed by atoms with Crippen LogP contribution in [0.4, 0.5) is 0 Å². The zero-order chi connectivity index (χ0) is 40.3. The molecule has 0 spiro atoms. The summed E-state index contributed by atoms with van der Waals surface area (Å²) in [5.74, 6) is -3.49. The quantitative estimate of drug-likeness (QED) is 0.0901. The number of aromatic nitrogens is 2. The van der Waals surface area contributed by atoms with Crippen LogP contribution in [-0.4, -0.2) is 82.1 Å². The molecular formula is C41H51N5O8S2. The van der Waals surface area contributed by atoms with Crippen LogP contribution in [0.15, 0.2) is 67.1 Å². The van der Waals surface area contributed by atoms with Gasteiger partial charge in [0.2, 0.25) is 27.7 Å². The highest BCUT2D eigenvalue weighted by atomic mass is 32.2. The number of esters is 1. The van der Waals surface area contributed by atoms with Crippen LogP contribution >= 0.6 is 11.3 Å². The molecule has 3 aliphatic rings. The number of hydrogen-bond donors (Lipinski definition) is 2. The maximum absolute atomic E-state index is 14.7. The molecule has 0 bridgehead atoms. The second-order valence-electron chi connectivity index (χ2n) is 15.9. The Morgan fingerprint density at radius 3 is 2.41 bits per heavy atom. The lowest BCUT2D eigenvalue weighted by molar-refractivity contribution is -0.159. The fourth-order valence-corrected chi connectivity index (χ4v) is 9.25. The van der Waals surface area contributed by atoms with Crippen LogP contribution < -0.4 is 14.8 Å². The van der Waals surface area contributed by atoms with Crippen LogP contribution in [0.5, 0.6) is 5.88 Å². The summed E-state index contributed by atoms with van der Waals surface area (Å²) in [6.07, 6.45) is 7.11. The molecule has 2 aromatic heterocycles. The molecule has 0 unspecified atom stereocenters. The van der Waals surface area contributed by atoms with Crippen LogP contribution in [0.2, 0.25) is 0 Å². The van der Waals surface area contributed by atoms with Crippen LogP contribution in [0.3, 0.4) is 0 Å². The molecule has 3 heterocycles. The molecule has 1 aliphatic heterocycles. The molecule has 13 nitrogen and oxygen atoms in total. The first kappa shape index (κ1) is 41.0. The lowest BCUT2D eigenvalue weighted by atomic mass is 9.95. The standard InChI is InChI=1S/C41H51N5O8S2/c1-6-8-9-10-11-15-26(22-34(47)54-40(3,4)5)38(49)46-25-28(53-37-35(33-18-14-21-55-33)42-30-16-12-13-17-31(30)43-37)23-32(46)36(48)44-41(24-27(41)7-2)39(50)45-56(51,52)29-19-20-29/h6-7,12-14,16-18,21,26-29,32H,1-2,8-11,15,19-20,22-25H2,3-5H3,(H,44,48)(H,45,50)/t26-,27-,28-,32+,41-/m1/s1. The number of fused-ring (bicyclic) bond motifs is 1. The fourth-order valence-electron chi connectivity index (χ4n) is 7.18. The molecule has 2 N–H and O–H groups in total. The number of rotatable bonds is 18. The Morgan fingerprint density at radius 2 is 1.79 bits per heavy atom. The predicted molar refractivity (Wildman–Crippen MR) is 214 cm³/mol. The summed E-state index contributed by atoms with van der Waals surface area (Å²) < 4.78 is 39.9. The number of likely N-dealkylation sites (tertiary alicyclic amines) is 1. The van der Waals surface area contributed by atoms with Crippen molar-refractivity contribution in [2.24, 2.45) is 11.8 Å². The molecule has 15 heteroatoms. The Kier molecular flexibility index (Phi) is 12.3. The minimum atomic E-state index is -3.90. The summed E-state index contributed by atoms with van der Waals surface area (Å²) in [5.41, 5.74) is -0.513. The van der Waals surface area contributed by atoms with Crippen molar-refractivity contribution in [2.75, 3.05) is 6.54 Å². The molecule has 3 aromatic rings. The second kappa shape index (κ2) is 16.8. The zero-order valence-corrected chi connectivity index (χ0v) is 33.8. The monoisotopic (exact) mass is 805 g/mol. The van der Waals surface area contributed by atoms with Crippen LogP contribution in [-0.2, 0) is 33.9 Å². The third kappa shape index (κ3) is 9.66. The SMILES string of the molecule is C=CCCCCC[C@H](CC(=O)OC(C)(C)C)C(=O)N1C[C@H](Oc2nc3ccccc3nc2-c2cccs2)C[C@H]1C(=O)N[C@]1(C(=O)NS(=O)(=O)C2CC2)C[C@H]1C=C. The Morgan fingerprint density at radius 1 is 1.05 bits per heavy atom. The van der Waals surface area contributed by atoms with Gasteiger partial charge in [-0.3, -0.25) is 23.9 Å². The van der Waals surface area contributed by atoms with Crippen molar-refractivity contribution in [3.63, 3.8) is 0 Å². The Labute approximate surface area is 332 Å². The van der Waals surface area contributed by atoms with Gasteiger partial charge in [0.05, 0.1) is 34.1 Å². The van der Waals surface area contributed by atoms with Gasteiger partial charge in [0.1, 0.15) is 29.0 Å². The van der Waals surface area contributed by atoms with E-state index >= 15 is 0 Å². The van der Waals surface area contributed by atoms with Crippen LogP contribution in [0.25, 0.3) is 21.6 Å². The van der Waals surface area contributed by atoms with Gasteiger partial charge in [0.15, 0.2) is 0 Å². The van der Waals surface area contributed by atoms with Crippen LogP contribution in [0.1, 0.15) is 85.0 Å². The lowest BCUT2D eigenvalue weighted by Gasteiger charge is -2.30.